The summed E-state index contributed by atoms with van der Waals surface area (Å²) < 4.78 is 0. The lowest BCUT2D eigenvalue weighted by Gasteiger charge is -2.13. The van der Waals surface area contributed by atoms with Crippen molar-refractivity contribution in [3.63, 3.8) is 0 Å². The van der Waals surface area contributed by atoms with E-state index in [4.69, 9.17) is 5.26 Å². The molecule has 0 bridgehead atoms. The fraction of sp³-hybridized carbons (Fsp3) is 0.231. The molecule has 0 saturated carbocycles. The van der Waals surface area contributed by atoms with Crippen molar-refractivity contribution in [3.05, 3.63) is 49.8 Å². The third kappa shape index (κ3) is 2.75. The molecule has 7 heteroatoms. The zero-order valence-corrected chi connectivity index (χ0v) is 11.8. The van der Waals surface area contributed by atoms with E-state index in [-0.39, 0.29) is 23.1 Å². The maximum absolute atomic E-state index is 11.1. The normalized spacial score (nSPS) is 11.7. The van der Waals surface area contributed by atoms with Crippen LogP contribution in [0.2, 0.25) is 0 Å². The van der Waals surface area contributed by atoms with E-state index in [9.17, 15) is 10.1 Å². The molecule has 1 atom stereocenters. The highest BCUT2D eigenvalue weighted by Crippen LogP contribution is 2.30. The number of pyridine rings is 1. The first-order valence-electron chi connectivity index (χ1n) is 5.89. The molecule has 102 valence electrons. The summed E-state index contributed by atoms with van der Waals surface area (Å²) in [6, 6.07) is 7.00. The van der Waals surface area contributed by atoms with Gasteiger partial charge in [0.25, 0.3) is 0 Å². The summed E-state index contributed by atoms with van der Waals surface area (Å²) in [5.41, 5.74) is -0.280. The highest BCUT2D eigenvalue weighted by Gasteiger charge is 2.22. The Balaban J connectivity index is 2.34. The molecule has 6 nitrogen and oxygen atoms in total. The zero-order valence-electron chi connectivity index (χ0n) is 11.0. The van der Waals surface area contributed by atoms with Gasteiger partial charge >= 0.3 is 5.69 Å². The van der Waals surface area contributed by atoms with Gasteiger partial charge in [-0.25, -0.2) is 4.98 Å². The number of nitriles is 1. The minimum Gasteiger partial charge on any atom is -0.357 e. The number of aryl methyl sites for hydroxylation is 1. The van der Waals surface area contributed by atoms with Crippen LogP contribution in [0.4, 0.5) is 11.5 Å². The third-order valence-corrected chi connectivity index (χ3v) is 3.95. The Morgan fingerprint density at radius 1 is 1.50 bits per heavy atom. The number of nitro groups is 1. The van der Waals surface area contributed by atoms with Crippen molar-refractivity contribution in [1.29, 1.82) is 5.26 Å². The van der Waals surface area contributed by atoms with Crippen LogP contribution in [-0.2, 0) is 0 Å². The first-order chi connectivity index (χ1) is 9.52. The summed E-state index contributed by atoms with van der Waals surface area (Å²) >= 11 is 1.61. The number of thiophene rings is 1. The van der Waals surface area contributed by atoms with Crippen molar-refractivity contribution in [3.8, 4) is 6.07 Å². The van der Waals surface area contributed by atoms with Gasteiger partial charge in [-0.15, -0.1) is 11.3 Å². The second-order valence-corrected chi connectivity index (χ2v) is 5.56. The monoisotopic (exact) mass is 288 g/mol. The Kier molecular flexibility index (Phi) is 3.96. The Hall–Kier alpha value is -2.46. The molecule has 0 aliphatic rings. The van der Waals surface area contributed by atoms with Crippen LogP contribution in [0, 0.1) is 28.4 Å². The predicted molar refractivity (Wildman–Crippen MR) is 76.7 cm³/mol. The van der Waals surface area contributed by atoms with Crippen LogP contribution in [-0.4, -0.2) is 9.91 Å². The van der Waals surface area contributed by atoms with E-state index in [1.165, 1.54) is 17.1 Å². The van der Waals surface area contributed by atoms with Gasteiger partial charge in [-0.3, -0.25) is 10.1 Å². The summed E-state index contributed by atoms with van der Waals surface area (Å²) in [6.45, 7) is 3.90. The molecular formula is C13H12N4O2S. The topological polar surface area (TPSA) is 91.8 Å². The van der Waals surface area contributed by atoms with Gasteiger partial charge in [-0.1, -0.05) is 0 Å². The predicted octanol–water partition coefficient (Wildman–Crippen LogP) is 3.40. The van der Waals surface area contributed by atoms with Crippen molar-refractivity contribution in [2.75, 3.05) is 5.32 Å². The van der Waals surface area contributed by atoms with Gasteiger partial charge in [0.15, 0.2) is 0 Å². The van der Waals surface area contributed by atoms with Gasteiger partial charge in [0.1, 0.15) is 11.6 Å². The van der Waals surface area contributed by atoms with Gasteiger partial charge < -0.3 is 5.32 Å². The second-order valence-electron chi connectivity index (χ2n) is 4.24. The minimum absolute atomic E-state index is 0.00191. The lowest BCUT2D eigenvalue weighted by molar-refractivity contribution is -0.384. The number of nitrogens with one attached hydrogen (secondary N) is 1. The summed E-state index contributed by atoms with van der Waals surface area (Å²) in [6.07, 6.45) is 1.39. The molecule has 0 aliphatic heterocycles. The number of nitrogens with zero attached hydrogens (tertiary/aromatic N) is 3. The summed E-state index contributed by atoms with van der Waals surface area (Å²) in [7, 11) is 0. The fourth-order valence-electron chi connectivity index (χ4n) is 1.80. The molecule has 0 fully saturated rings. The Bertz CT molecular complexity index is 690. The van der Waals surface area contributed by atoms with Crippen molar-refractivity contribution in [2.24, 2.45) is 0 Å². The average molecular weight is 288 g/mol. The minimum atomic E-state index is -0.583. The van der Waals surface area contributed by atoms with Gasteiger partial charge in [-0.05, 0) is 32.0 Å². The van der Waals surface area contributed by atoms with Crippen LogP contribution in [0.5, 0.6) is 0 Å². The quantitative estimate of drug-likeness (QED) is 0.687. The first-order valence-corrected chi connectivity index (χ1v) is 6.71. The van der Waals surface area contributed by atoms with E-state index >= 15 is 0 Å². The van der Waals surface area contributed by atoms with Gasteiger partial charge in [0.05, 0.1) is 11.0 Å². The molecule has 0 spiro atoms. The van der Waals surface area contributed by atoms with Crippen LogP contribution in [0.3, 0.4) is 0 Å². The SMILES string of the molecule is Cc1ccc(C(C)Nc2nccc(C#N)c2[N+](=O)[O-])s1. The molecule has 2 aromatic heterocycles. The number of hydrogen-bond acceptors (Lipinski definition) is 6. The van der Waals surface area contributed by atoms with Crippen LogP contribution in [0.1, 0.15) is 28.3 Å². The third-order valence-electron chi connectivity index (χ3n) is 2.77. The fourth-order valence-corrected chi connectivity index (χ4v) is 2.68. The number of anilines is 1. The van der Waals surface area contributed by atoms with Crippen molar-refractivity contribution >= 4 is 22.8 Å². The first kappa shape index (κ1) is 14.0. The van der Waals surface area contributed by atoms with Crippen LogP contribution in [0.15, 0.2) is 24.4 Å². The summed E-state index contributed by atoms with van der Waals surface area (Å²) in [5.74, 6) is 0.118. The molecule has 0 amide bonds. The summed E-state index contributed by atoms with van der Waals surface area (Å²) in [4.78, 5) is 16.7. The van der Waals surface area contributed by atoms with Gasteiger partial charge in [-0.2, -0.15) is 5.26 Å². The van der Waals surface area contributed by atoms with E-state index in [0.29, 0.717) is 0 Å². The highest BCUT2D eigenvalue weighted by molar-refractivity contribution is 7.12. The van der Waals surface area contributed by atoms with E-state index in [2.05, 4.69) is 10.3 Å². The maximum atomic E-state index is 11.1. The molecule has 1 unspecified atom stereocenters. The van der Waals surface area contributed by atoms with Crippen molar-refractivity contribution in [2.45, 2.75) is 19.9 Å². The highest BCUT2D eigenvalue weighted by atomic mass is 32.1. The maximum Gasteiger partial charge on any atom is 0.328 e. The Morgan fingerprint density at radius 2 is 2.25 bits per heavy atom. The molecule has 0 aliphatic carbocycles. The van der Waals surface area contributed by atoms with Crippen LogP contribution >= 0.6 is 11.3 Å². The number of hydrogen-bond donors (Lipinski definition) is 1. The molecule has 2 heterocycles. The van der Waals surface area contributed by atoms with E-state index < -0.39 is 4.92 Å². The van der Waals surface area contributed by atoms with Crippen LogP contribution in [0.25, 0.3) is 0 Å². The van der Waals surface area contributed by atoms with E-state index in [0.717, 1.165) is 4.88 Å². The molecule has 2 aromatic rings. The number of aromatic nitrogens is 1. The molecule has 1 N–H and O–H groups in total. The van der Waals surface area contributed by atoms with Crippen LogP contribution < -0.4 is 5.32 Å². The molecule has 0 radical (unpaired) electrons. The standard InChI is InChI=1S/C13H12N4O2S/c1-8-3-4-11(20-8)9(2)16-13-12(17(18)19)10(7-14)5-6-15-13/h3-6,9H,1-2H3,(H,15,16). The largest absolute Gasteiger partial charge is 0.357 e. The zero-order chi connectivity index (χ0) is 14.7. The smallest absolute Gasteiger partial charge is 0.328 e. The van der Waals surface area contributed by atoms with Crippen molar-refractivity contribution < 1.29 is 4.92 Å². The van der Waals surface area contributed by atoms with E-state index in [1.54, 1.807) is 11.3 Å². The molecular weight excluding hydrogens is 276 g/mol. The molecule has 0 saturated heterocycles. The molecule has 0 aromatic carbocycles. The van der Waals surface area contributed by atoms with Gasteiger partial charge in [0.2, 0.25) is 5.82 Å². The lowest BCUT2D eigenvalue weighted by atomic mass is 10.2. The Labute approximate surface area is 119 Å². The van der Waals surface area contributed by atoms with Gasteiger partial charge in [0, 0.05) is 16.0 Å². The average Bonchev–Trinajstić information content (AvgIpc) is 2.84. The molecule has 20 heavy (non-hydrogen) atoms. The van der Waals surface area contributed by atoms with E-state index in [1.807, 2.05) is 32.0 Å². The summed E-state index contributed by atoms with van der Waals surface area (Å²) in [5, 5.41) is 23.0. The molecule has 2 rings (SSSR count). The number of rotatable bonds is 4. The Morgan fingerprint density at radius 3 is 2.80 bits per heavy atom. The lowest BCUT2D eigenvalue weighted by Crippen LogP contribution is -2.09. The second kappa shape index (κ2) is 5.67. The van der Waals surface area contributed by atoms with Crippen molar-refractivity contribution in [1.82, 2.24) is 4.98 Å².